The molecule has 124 heavy (non-hydrogen) atoms. The lowest BCUT2D eigenvalue weighted by Gasteiger charge is -2.53. The van der Waals surface area contributed by atoms with Crippen molar-refractivity contribution in [2.45, 2.75) is 480 Å². The van der Waals surface area contributed by atoms with E-state index in [2.05, 4.69) is 24.5 Å². The Bertz CT molecular complexity index is 2870. The number of aliphatic hydroxyl groups is 20. The zero-order chi connectivity index (χ0) is 90.5. The van der Waals surface area contributed by atoms with Crippen molar-refractivity contribution in [2.75, 3.05) is 39.6 Å². The average Bonchev–Trinajstić information content (AvgIpc) is 0.752. The summed E-state index contributed by atoms with van der Waals surface area (Å²) in [7, 11) is 0. The fourth-order valence-electron chi connectivity index (χ4n) is 17.1. The lowest BCUT2D eigenvalue weighted by Crippen LogP contribution is -2.72. The Morgan fingerprint density at radius 3 is 1.13 bits per heavy atom. The standard InChI is InChI=1S/C86H156N2O36/c1-6-8-10-12-14-16-18-20-21-22-23-24-25-26-27-29-31-33-35-37-39-41-58(96)88-51(52(95)40-38-36-34-32-30-28-19-17-15-13-11-9-7-2)47-111-81-72(109)68(105)74(56(45-92)118-81)119-85-73(110)77(63(100)54(43-90)115-85)122-80-59(87-50(5)94)76(121-82-69(106)65(102)60(97)48(3)112-82)75(57(46-93)117-80)120-86-79(124-83-70(107)66(103)61(98)49(4)113-83)78(64(101)55(44-91)116-86)123-84-71(108)67(104)62(99)53(42-89)114-84/h38,40,48-49,51-57,59-86,89-93,95,97-110H,6-37,39,41-47H2,1-5H3,(H,87,94)(H,88,96)/b40-38+/t48?,49?,51-,52+,53?,54?,55?,56?,57?,59?,60+,61+,62-,63-,64-,65?,66?,67-,68+,69-,70-,71?,72?,73?,74+,75+,76+,77-,78-,79?,80-,81+,82+,83+,84+,85-,86-/m0/s1. The summed E-state index contributed by atoms with van der Waals surface area (Å²) in [6, 6.07) is -3.09. The third-order valence-electron chi connectivity index (χ3n) is 24.9. The molecule has 38 heteroatoms. The van der Waals surface area contributed by atoms with Gasteiger partial charge >= 0.3 is 0 Å². The third kappa shape index (κ3) is 32.6. The minimum Gasteiger partial charge on any atom is -0.394 e. The molecule has 7 heterocycles. The van der Waals surface area contributed by atoms with Crippen molar-refractivity contribution in [3.63, 3.8) is 0 Å². The van der Waals surface area contributed by atoms with E-state index >= 15 is 0 Å². The highest BCUT2D eigenvalue weighted by Crippen LogP contribution is 2.41. The van der Waals surface area contributed by atoms with Crippen LogP contribution in [-0.4, -0.2) is 381 Å². The van der Waals surface area contributed by atoms with Gasteiger partial charge in [0.15, 0.2) is 44.0 Å². The molecule has 0 radical (unpaired) electrons. The number of aliphatic hydroxyl groups excluding tert-OH is 20. The van der Waals surface area contributed by atoms with E-state index in [1.54, 1.807) is 6.08 Å². The Morgan fingerprint density at radius 1 is 0.331 bits per heavy atom. The van der Waals surface area contributed by atoms with Crippen LogP contribution in [0.1, 0.15) is 253 Å². The van der Waals surface area contributed by atoms with Crippen LogP contribution in [0.3, 0.4) is 0 Å². The normalized spacial score (nSPS) is 38.6. The van der Waals surface area contributed by atoms with Gasteiger partial charge in [0.25, 0.3) is 0 Å². The van der Waals surface area contributed by atoms with Crippen molar-refractivity contribution in [1.82, 2.24) is 10.6 Å². The van der Waals surface area contributed by atoms with Crippen LogP contribution >= 0.6 is 0 Å². The van der Waals surface area contributed by atoms with Gasteiger partial charge in [-0.2, -0.15) is 0 Å². The molecule has 7 rings (SSSR count). The summed E-state index contributed by atoms with van der Waals surface area (Å²) in [6.45, 7) is 2.15. The summed E-state index contributed by atoms with van der Waals surface area (Å²) in [6.07, 6.45) is -26.3. The van der Waals surface area contributed by atoms with E-state index in [9.17, 15) is 112 Å². The molecule has 0 aromatic carbocycles. The van der Waals surface area contributed by atoms with Crippen molar-refractivity contribution in [1.29, 1.82) is 0 Å². The number of amides is 2. The van der Waals surface area contributed by atoms with Crippen molar-refractivity contribution < 1.29 is 178 Å². The van der Waals surface area contributed by atoms with Gasteiger partial charge in [0.05, 0.1) is 64.0 Å². The van der Waals surface area contributed by atoms with Crippen LogP contribution in [0, 0.1) is 0 Å². The van der Waals surface area contributed by atoms with Gasteiger partial charge in [0.1, 0.15) is 159 Å². The van der Waals surface area contributed by atoms with Gasteiger partial charge in [0.2, 0.25) is 11.8 Å². The smallest absolute Gasteiger partial charge is 0.220 e. The van der Waals surface area contributed by atoms with E-state index < -0.39 is 273 Å². The molecule has 7 aliphatic heterocycles. The zero-order valence-electron chi connectivity index (χ0n) is 73.3. The number of allylic oxidation sites excluding steroid dienone is 1. The van der Waals surface area contributed by atoms with Crippen LogP contribution in [0.2, 0.25) is 0 Å². The Balaban J connectivity index is 1.05. The molecule has 7 saturated heterocycles. The van der Waals surface area contributed by atoms with Gasteiger partial charge in [-0.15, -0.1) is 0 Å². The van der Waals surface area contributed by atoms with Crippen LogP contribution in [-0.2, 0) is 75.9 Å². The van der Waals surface area contributed by atoms with Gasteiger partial charge < -0.3 is 179 Å². The molecule has 0 aromatic rings. The number of nitrogens with one attached hydrogen (secondary N) is 2. The zero-order valence-corrected chi connectivity index (χ0v) is 73.3. The highest BCUT2D eigenvalue weighted by atomic mass is 16.8. The molecule has 0 aromatic heterocycles. The summed E-state index contributed by atoms with van der Waals surface area (Å²) in [5, 5.41) is 230. The lowest BCUT2D eigenvalue weighted by molar-refractivity contribution is -0.411. The molecule has 22 N–H and O–H groups in total. The van der Waals surface area contributed by atoms with Crippen molar-refractivity contribution in [3.05, 3.63) is 12.2 Å². The van der Waals surface area contributed by atoms with E-state index in [-0.39, 0.29) is 12.3 Å². The molecule has 2 amide bonds. The first kappa shape index (κ1) is 108. The summed E-state index contributed by atoms with van der Waals surface area (Å²) in [5.41, 5.74) is 0. The van der Waals surface area contributed by atoms with E-state index in [0.29, 0.717) is 12.8 Å². The number of rotatable bonds is 58. The van der Waals surface area contributed by atoms with Crippen LogP contribution < -0.4 is 10.6 Å². The molecule has 7 aliphatic rings. The average molecular weight is 1790 g/mol. The molecule has 0 bridgehead atoms. The minimum atomic E-state index is -2.31. The van der Waals surface area contributed by atoms with E-state index in [1.807, 2.05) is 6.08 Å². The summed E-state index contributed by atoms with van der Waals surface area (Å²) < 4.78 is 85.4. The Hall–Kier alpha value is -2.68. The number of hydrogen-bond donors (Lipinski definition) is 22. The van der Waals surface area contributed by atoms with Gasteiger partial charge in [-0.3, -0.25) is 9.59 Å². The highest BCUT2D eigenvalue weighted by molar-refractivity contribution is 5.76. The van der Waals surface area contributed by atoms with E-state index in [1.165, 1.54) is 162 Å². The Labute approximate surface area is 729 Å². The van der Waals surface area contributed by atoms with Crippen molar-refractivity contribution in [2.24, 2.45) is 0 Å². The summed E-state index contributed by atoms with van der Waals surface area (Å²) >= 11 is 0. The van der Waals surface area contributed by atoms with Crippen molar-refractivity contribution in [3.8, 4) is 0 Å². The van der Waals surface area contributed by atoms with Crippen LogP contribution in [0.15, 0.2) is 12.2 Å². The van der Waals surface area contributed by atoms with Gasteiger partial charge in [-0.25, -0.2) is 0 Å². The third-order valence-corrected chi connectivity index (χ3v) is 24.9. The first-order valence-electron chi connectivity index (χ1n) is 46.2. The molecule has 726 valence electrons. The largest absolute Gasteiger partial charge is 0.394 e. The summed E-state index contributed by atoms with van der Waals surface area (Å²) in [4.78, 5) is 27.3. The second-order valence-corrected chi connectivity index (χ2v) is 34.8. The highest BCUT2D eigenvalue weighted by Gasteiger charge is 2.61. The number of carbonyl (C=O) groups is 2. The summed E-state index contributed by atoms with van der Waals surface area (Å²) in [5.74, 6) is -1.31. The Morgan fingerprint density at radius 2 is 0.669 bits per heavy atom. The van der Waals surface area contributed by atoms with Crippen molar-refractivity contribution >= 4 is 11.8 Å². The van der Waals surface area contributed by atoms with Crippen LogP contribution in [0.5, 0.6) is 0 Å². The topological polar surface area (TPSA) is 592 Å². The maximum atomic E-state index is 13.7. The predicted molar refractivity (Wildman–Crippen MR) is 440 cm³/mol. The fraction of sp³-hybridized carbons (Fsp3) is 0.953. The second kappa shape index (κ2) is 57.7. The number of hydrogen-bond acceptors (Lipinski definition) is 36. The van der Waals surface area contributed by atoms with E-state index in [4.69, 9.17) is 66.3 Å². The monoisotopic (exact) mass is 1790 g/mol. The molecule has 7 fully saturated rings. The van der Waals surface area contributed by atoms with Gasteiger partial charge in [-0.1, -0.05) is 219 Å². The molecule has 14 unspecified atom stereocenters. The maximum absolute atomic E-state index is 13.7. The number of ether oxygens (including phenoxy) is 14. The maximum Gasteiger partial charge on any atom is 0.220 e. The molecular formula is C86H156N2O36. The van der Waals surface area contributed by atoms with E-state index in [0.717, 1.165) is 58.3 Å². The second-order valence-electron chi connectivity index (χ2n) is 34.8. The number of unbranched alkanes of at least 4 members (excludes halogenated alkanes) is 31. The fourth-order valence-corrected chi connectivity index (χ4v) is 17.1. The number of carbonyl (C=O) groups excluding carboxylic acids is 2. The first-order chi connectivity index (χ1) is 59.6. The molecule has 0 aliphatic carbocycles. The Kier molecular flexibility index (Phi) is 50.4. The molecule has 0 saturated carbocycles. The van der Waals surface area contributed by atoms with Gasteiger partial charge in [-0.05, 0) is 33.1 Å². The minimum absolute atomic E-state index is 0.155. The predicted octanol–water partition coefficient (Wildman–Crippen LogP) is -0.348. The molecule has 0 spiro atoms. The van der Waals surface area contributed by atoms with Gasteiger partial charge in [0, 0.05) is 13.3 Å². The SMILES string of the molecule is CCCCCCCCCCCCC/C=C/[C@@H](O)[C@H](CO[C@@H]1OC(CO)[C@@H](O[C@@H]2OC(CO)[C@H](O)[C@H](O[C@@H]3OC(CO)[C@@H](O[C@@H]4OC(CO)[C@H](O)[C@H](O[C@H]5OC(CO)[C@H](O)[C@H](O)C5O)C4O[C@H]4OC(C)[C@@H](O)C(O)[C@@H]4O)[C@H](O[C@H]4OC(C)[C@@H](O)C(O)[C@@H]4O)C3NC(C)=O)C2O)[C@H](O)C1O)NC(=O)CCCCCCCCCCCCCCCCCCCCCCC. The van der Waals surface area contributed by atoms with Crippen LogP contribution in [0.25, 0.3) is 0 Å². The first-order valence-corrected chi connectivity index (χ1v) is 46.2. The quantitative estimate of drug-likeness (QED) is 0.0273. The molecular weight excluding hydrogens is 1640 g/mol. The molecule has 37 atom stereocenters. The molecule has 38 nitrogen and oxygen atoms in total. The van der Waals surface area contributed by atoms with Crippen LogP contribution in [0.4, 0.5) is 0 Å². The lowest BCUT2D eigenvalue weighted by atomic mass is 9.93.